The van der Waals surface area contributed by atoms with E-state index in [4.69, 9.17) is 14.2 Å². The third-order valence-electron chi connectivity index (χ3n) is 3.30. The van der Waals surface area contributed by atoms with Crippen molar-refractivity contribution in [3.8, 4) is 11.5 Å². The molecule has 1 atom stereocenters. The number of hydrogen-bond donors (Lipinski definition) is 1. The molecule has 0 bridgehead atoms. The molecule has 1 unspecified atom stereocenters. The maximum Gasteiger partial charge on any atom is 0.256 e. The predicted molar refractivity (Wildman–Crippen MR) is 82.1 cm³/mol. The smallest absolute Gasteiger partial charge is 0.256 e. The monoisotopic (exact) mass is 317 g/mol. The molecule has 2 aromatic carbocycles. The van der Waals surface area contributed by atoms with Crippen molar-refractivity contribution in [2.24, 2.45) is 0 Å². The molecule has 0 radical (unpaired) electrons. The first kappa shape index (κ1) is 15.5. The van der Waals surface area contributed by atoms with Crippen LogP contribution in [-0.2, 0) is 14.3 Å². The highest BCUT2D eigenvalue weighted by atomic mass is 19.1. The Hall–Kier alpha value is -2.44. The zero-order chi connectivity index (χ0) is 16.1. The Morgan fingerprint density at radius 2 is 1.96 bits per heavy atom. The van der Waals surface area contributed by atoms with Crippen molar-refractivity contribution in [3.05, 3.63) is 54.3 Å². The normalized spacial score (nSPS) is 17.5. The van der Waals surface area contributed by atoms with Crippen LogP contribution in [0.25, 0.3) is 0 Å². The summed E-state index contributed by atoms with van der Waals surface area (Å²) < 4.78 is 30.3. The summed E-state index contributed by atoms with van der Waals surface area (Å²) in [5.74, 6) is -0.275. The van der Waals surface area contributed by atoms with Crippen molar-refractivity contribution in [2.45, 2.75) is 6.10 Å². The minimum absolute atomic E-state index is 0.0180. The lowest BCUT2D eigenvalue weighted by molar-refractivity contribution is -0.142. The topological polar surface area (TPSA) is 56.8 Å². The van der Waals surface area contributed by atoms with Gasteiger partial charge < -0.3 is 19.5 Å². The minimum Gasteiger partial charge on any atom is -0.455 e. The van der Waals surface area contributed by atoms with Crippen LogP contribution in [0.2, 0.25) is 0 Å². The molecule has 5 nitrogen and oxygen atoms in total. The maximum atomic E-state index is 14.1. The SMILES string of the molecule is O=C(Nc1c(F)cccc1Oc1ccccc1)C1COCCO1. The van der Waals surface area contributed by atoms with Crippen molar-refractivity contribution >= 4 is 11.6 Å². The number of rotatable bonds is 4. The maximum absolute atomic E-state index is 14.1. The number of carbonyl (C=O) groups excluding carboxylic acids is 1. The molecule has 2 aromatic rings. The fourth-order valence-electron chi connectivity index (χ4n) is 2.17. The summed E-state index contributed by atoms with van der Waals surface area (Å²) in [5, 5.41) is 2.52. The second-order valence-electron chi connectivity index (χ2n) is 4.95. The number of benzene rings is 2. The van der Waals surface area contributed by atoms with E-state index in [0.29, 0.717) is 19.0 Å². The van der Waals surface area contributed by atoms with Crippen LogP contribution in [0.15, 0.2) is 48.5 Å². The van der Waals surface area contributed by atoms with E-state index in [1.165, 1.54) is 12.1 Å². The molecule has 6 heteroatoms. The molecule has 1 aliphatic rings. The van der Waals surface area contributed by atoms with E-state index in [0.717, 1.165) is 0 Å². The van der Waals surface area contributed by atoms with Crippen molar-refractivity contribution in [3.63, 3.8) is 0 Å². The Labute approximate surface area is 133 Å². The van der Waals surface area contributed by atoms with Gasteiger partial charge in [0.2, 0.25) is 0 Å². The Morgan fingerprint density at radius 1 is 1.13 bits per heavy atom. The summed E-state index contributed by atoms with van der Waals surface area (Å²) in [4.78, 5) is 12.2. The quantitative estimate of drug-likeness (QED) is 0.942. The fourth-order valence-corrected chi connectivity index (χ4v) is 2.17. The van der Waals surface area contributed by atoms with E-state index in [-0.39, 0.29) is 18.0 Å². The summed E-state index contributed by atoms with van der Waals surface area (Å²) in [6.07, 6.45) is -0.757. The van der Waals surface area contributed by atoms with Crippen molar-refractivity contribution < 1.29 is 23.4 Å². The molecule has 120 valence electrons. The first-order chi connectivity index (χ1) is 11.2. The van der Waals surface area contributed by atoms with Gasteiger partial charge in [0.1, 0.15) is 11.4 Å². The Balaban J connectivity index is 1.79. The summed E-state index contributed by atoms with van der Waals surface area (Å²) in [5.41, 5.74) is -0.0180. The molecule has 0 aliphatic carbocycles. The number of anilines is 1. The van der Waals surface area contributed by atoms with Crippen molar-refractivity contribution in [1.82, 2.24) is 0 Å². The van der Waals surface area contributed by atoms with Crippen LogP contribution < -0.4 is 10.1 Å². The molecule has 0 saturated carbocycles. The largest absolute Gasteiger partial charge is 0.455 e. The average Bonchev–Trinajstić information content (AvgIpc) is 2.59. The van der Waals surface area contributed by atoms with E-state index >= 15 is 0 Å². The number of ether oxygens (including phenoxy) is 3. The van der Waals surface area contributed by atoms with Crippen LogP contribution in [0.5, 0.6) is 11.5 Å². The third-order valence-corrected chi connectivity index (χ3v) is 3.30. The number of nitrogens with one attached hydrogen (secondary N) is 1. The first-order valence-electron chi connectivity index (χ1n) is 7.25. The Morgan fingerprint density at radius 3 is 2.70 bits per heavy atom. The summed E-state index contributed by atoms with van der Waals surface area (Å²) in [7, 11) is 0. The standard InChI is InChI=1S/C17H16FNO4/c18-13-7-4-8-14(23-12-5-2-1-3-6-12)16(13)19-17(20)15-11-21-9-10-22-15/h1-8,15H,9-11H2,(H,19,20). The highest BCUT2D eigenvalue weighted by Gasteiger charge is 2.24. The zero-order valence-corrected chi connectivity index (χ0v) is 12.3. The van der Waals surface area contributed by atoms with Gasteiger partial charge in [-0.15, -0.1) is 0 Å². The van der Waals surface area contributed by atoms with Gasteiger partial charge in [0, 0.05) is 0 Å². The molecular formula is C17H16FNO4. The number of para-hydroxylation sites is 2. The van der Waals surface area contributed by atoms with Crippen LogP contribution in [0.3, 0.4) is 0 Å². The van der Waals surface area contributed by atoms with Gasteiger partial charge in [-0.1, -0.05) is 24.3 Å². The van der Waals surface area contributed by atoms with Crippen LogP contribution >= 0.6 is 0 Å². The van der Waals surface area contributed by atoms with Crippen LogP contribution in [-0.4, -0.2) is 31.8 Å². The summed E-state index contributed by atoms with van der Waals surface area (Å²) in [6, 6.07) is 13.3. The fraction of sp³-hybridized carbons (Fsp3) is 0.235. The lowest BCUT2D eigenvalue weighted by Crippen LogP contribution is -2.39. The van der Waals surface area contributed by atoms with Gasteiger partial charge in [-0.2, -0.15) is 0 Å². The molecule has 1 saturated heterocycles. The number of amides is 1. The Bertz CT molecular complexity index is 672. The molecule has 23 heavy (non-hydrogen) atoms. The van der Waals surface area contributed by atoms with Gasteiger partial charge in [-0.25, -0.2) is 4.39 Å². The molecule has 1 amide bonds. The van der Waals surface area contributed by atoms with Crippen LogP contribution in [0.1, 0.15) is 0 Å². The average molecular weight is 317 g/mol. The Kier molecular flexibility index (Phi) is 4.85. The molecular weight excluding hydrogens is 301 g/mol. The van der Waals surface area contributed by atoms with Crippen LogP contribution in [0, 0.1) is 5.82 Å². The van der Waals surface area contributed by atoms with E-state index < -0.39 is 17.8 Å². The van der Waals surface area contributed by atoms with Crippen molar-refractivity contribution in [1.29, 1.82) is 0 Å². The summed E-state index contributed by atoms with van der Waals surface area (Å²) >= 11 is 0. The number of carbonyl (C=O) groups is 1. The van der Waals surface area contributed by atoms with Crippen LogP contribution in [0.4, 0.5) is 10.1 Å². The molecule has 1 heterocycles. The molecule has 1 N–H and O–H groups in total. The van der Waals surface area contributed by atoms with E-state index in [1.807, 2.05) is 6.07 Å². The first-order valence-corrected chi connectivity index (χ1v) is 7.25. The number of hydrogen-bond acceptors (Lipinski definition) is 4. The molecule has 1 aliphatic heterocycles. The molecule has 1 fully saturated rings. The number of halogens is 1. The zero-order valence-electron chi connectivity index (χ0n) is 12.3. The minimum atomic E-state index is -0.757. The molecule has 0 aromatic heterocycles. The third kappa shape index (κ3) is 3.85. The lowest BCUT2D eigenvalue weighted by atomic mass is 10.2. The van der Waals surface area contributed by atoms with Gasteiger partial charge in [0.05, 0.1) is 19.8 Å². The van der Waals surface area contributed by atoms with E-state index in [2.05, 4.69) is 5.32 Å². The van der Waals surface area contributed by atoms with Gasteiger partial charge in [0.25, 0.3) is 5.91 Å². The molecule has 0 spiro atoms. The van der Waals surface area contributed by atoms with E-state index in [1.54, 1.807) is 30.3 Å². The second kappa shape index (κ2) is 7.21. The van der Waals surface area contributed by atoms with Gasteiger partial charge in [0.15, 0.2) is 17.7 Å². The van der Waals surface area contributed by atoms with Gasteiger partial charge in [-0.05, 0) is 24.3 Å². The lowest BCUT2D eigenvalue weighted by Gasteiger charge is -2.22. The second-order valence-corrected chi connectivity index (χ2v) is 4.95. The van der Waals surface area contributed by atoms with Gasteiger partial charge >= 0.3 is 0 Å². The highest BCUT2D eigenvalue weighted by molar-refractivity contribution is 5.95. The van der Waals surface area contributed by atoms with Crippen molar-refractivity contribution in [2.75, 3.05) is 25.1 Å². The predicted octanol–water partition coefficient (Wildman–Crippen LogP) is 2.97. The highest BCUT2D eigenvalue weighted by Crippen LogP contribution is 2.31. The summed E-state index contributed by atoms with van der Waals surface area (Å²) in [6.45, 7) is 0.934. The van der Waals surface area contributed by atoms with Gasteiger partial charge in [-0.3, -0.25) is 4.79 Å². The molecule has 3 rings (SSSR count). The van der Waals surface area contributed by atoms with E-state index in [9.17, 15) is 9.18 Å².